The molecule has 0 bridgehead atoms. The molecule has 0 fully saturated rings. The Morgan fingerprint density at radius 3 is 2.74 bits per heavy atom. The van der Waals surface area contributed by atoms with Crippen molar-refractivity contribution < 1.29 is 4.74 Å². The van der Waals surface area contributed by atoms with Crippen LogP contribution in [-0.2, 0) is 0 Å². The summed E-state index contributed by atoms with van der Waals surface area (Å²) in [6.07, 6.45) is 1.92. The lowest BCUT2D eigenvalue weighted by molar-refractivity contribution is 0.453. The molecule has 1 aromatic heterocycles. The third-order valence-electron chi connectivity index (χ3n) is 2.49. The smallest absolute Gasteiger partial charge is 0.225 e. The van der Waals surface area contributed by atoms with Gasteiger partial charge in [-0.25, -0.2) is 4.98 Å². The number of nitrogens with one attached hydrogen (secondary N) is 1. The number of anilines is 1. The van der Waals surface area contributed by atoms with E-state index in [1.165, 1.54) is 11.8 Å². The number of hydrogen-bond donors (Lipinski definition) is 1. The van der Waals surface area contributed by atoms with E-state index in [0.717, 1.165) is 5.56 Å². The van der Waals surface area contributed by atoms with Crippen molar-refractivity contribution in [2.75, 3.05) is 18.6 Å². The largest absolute Gasteiger partial charge is 0.438 e. The van der Waals surface area contributed by atoms with Crippen LogP contribution in [0.15, 0.2) is 29.4 Å². The lowest BCUT2D eigenvalue weighted by atomic mass is 10.2. The lowest BCUT2D eigenvalue weighted by Gasteiger charge is -2.10. The van der Waals surface area contributed by atoms with Gasteiger partial charge in [-0.15, -0.1) is 0 Å². The Labute approximate surface area is 121 Å². The molecule has 0 saturated carbocycles. The molecule has 0 aliphatic carbocycles. The highest BCUT2D eigenvalue weighted by atomic mass is 35.5. The summed E-state index contributed by atoms with van der Waals surface area (Å²) in [5, 5.41) is 4.27. The number of halogens is 1. The molecule has 2 rings (SSSR count). The SMILES string of the molecule is CNc1cc(Oc2cc(Cl)ccc2C)nc(SC)n1. The van der Waals surface area contributed by atoms with Gasteiger partial charge in [-0.2, -0.15) is 4.98 Å². The van der Waals surface area contributed by atoms with Crippen molar-refractivity contribution in [3.63, 3.8) is 0 Å². The minimum Gasteiger partial charge on any atom is -0.438 e. The summed E-state index contributed by atoms with van der Waals surface area (Å²) in [6.45, 7) is 1.96. The van der Waals surface area contributed by atoms with Crippen LogP contribution >= 0.6 is 23.4 Å². The van der Waals surface area contributed by atoms with Crippen molar-refractivity contribution in [3.05, 3.63) is 34.9 Å². The lowest BCUT2D eigenvalue weighted by Crippen LogP contribution is -1.98. The van der Waals surface area contributed by atoms with Crippen LogP contribution in [0.2, 0.25) is 5.02 Å². The molecule has 100 valence electrons. The molecule has 1 N–H and O–H groups in total. The minimum atomic E-state index is 0.495. The highest BCUT2D eigenvalue weighted by molar-refractivity contribution is 7.98. The van der Waals surface area contributed by atoms with E-state index in [9.17, 15) is 0 Å². The summed E-state index contributed by atoms with van der Waals surface area (Å²) in [5.41, 5.74) is 1.000. The number of benzene rings is 1. The second-order valence-corrected chi connectivity index (χ2v) is 5.05. The topological polar surface area (TPSA) is 47.0 Å². The third-order valence-corrected chi connectivity index (χ3v) is 3.27. The molecule has 4 nitrogen and oxygen atoms in total. The summed E-state index contributed by atoms with van der Waals surface area (Å²) in [7, 11) is 1.81. The fourth-order valence-electron chi connectivity index (χ4n) is 1.47. The predicted octanol–water partition coefficient (Wildman–Crippen LogP) is 3.99. The predicted molar refractivity (Wildman–Crippen MR) is 79.6 cm³/mol. The van der Waals surface area contributed by atoms with E-state index in [1.54, 1.807) is 19.2 Å². The van der Waals surface area contributed by atoms with Crippen LogP contribution in [0.4, 0.5) is 5.82 Å². The molecule has 0 atom stereocenters. The minimum absolute atomic E-state index is 0.495. The van der Waals surface area contributed by atoms with Crippen LogP contribution in [0.3, 0.4) is 0 Å². The standard InChI is InChI=1S/C13H14ClN3OS/c1-8-4-5-9(14)6-10(8)18-12-7-11(15-2)16-13(17-12)19-3/h4-7H,1-3H3,(H,15,16,17). The van der Waals surface area contributed by atoms with Gasteiger partial charge in [0.2, 0.25) is 5.88 Å². The molecular formula is C13H14ClN3OS. The van der Waals surface area contributed by atoms with Gasteiger partial charge >= 0.3 is 0 Å². The van der Waals surface area contributed by atoms with E-state index in [1.807, 2.05) is 25.3 Å². The van der Waals surface area contributed by atoms with Gasteiger partial charge in [-0.3, -0.25) is 0 Å². The van der Waals surface area contributed by atoms with Crippen LogP contribution in [0, 0.1) is 6.92 Å². The molecule has 0 spiro atoms. The second kappa shape index (κ2) is 6.12. The molecule has 2 aromatic rings. The van der Waals surface area contributed by atoms with Gasteiger partial charge < -0.3 is 10.1 Å². The molecule has 19 heavy (non-hydrogen) atoms. The zero-order chi connectivity index (χ0) is 13.8. The number of nitrogens with zero attached hydrogens (tertiary/aromatic N) is 2. The molecule has 0 saturated heterocycles. The van der Waals surface area contributed by atoms with Crippen molar-refractivity contribution in [1.82, 2.24) is 9.97 Å². The first kappa shape index (κ1) is 14.0. The molecule has 1 aromatic carbocycles. The Kier molecular flexibility index (Phi) is 4.50. The first-order valence-corrected chi connectivity index (χ1v) is 7.27. The summed E-state index contributed by atoms with van der Waals surface area (Å²) in [4.78, 5) is 8.60. The Morgan fingerprint density at radius 2 is 2.05 bits per heavy atom. The number of aromatic nitrogens is 2. The first-order valence-electron chi connectivity index (χ1n) is 5.67. The van der Waals surface area contributed by atoms with Gasteiger partial charge in [0.25, 0.3) is 0 Å². The van der Waals surface area contributed by atoms with E-state index in [2.05, 4.69) is 15.3 Å². The van der Waals surface area contributed by atoms with Gasteiger partial charge in [-0.1, -0.05) is 29.4 Å². The van der Waals surface area contributed by atoms with Crippen molar-refractivity contribution >= 4 is 29.2 Å². The van der Waals surface area contributed by atoms with Gasteiger partial charge in [0, 0.05) is 18.1 Å². The van der Waals surface area contributed by atoms with Crippen LogP contribution < -0.4 is 10.1 Å². The maximum atomic E-state index is 5.97. The first-order chi connectivity index (χ1) is 9.12. The average Bonchev–Trinajstić information content (AvgIpc) is 2.42. The van der Waals surface area contributed by atoms with Crippen molar-refractivity contribution in [1.29, 1.82) is 0 Å². The number of hydrogen-bond acceptors (Lipinski definition) is 5. The van der Waals surface area contributed by atoms with Crippen LogP contribution in [0.25, 0.3) is 0 Å². The molecule has 6 heteroatoms. The number of aryl methyl sites for hydroxylation is 1. The van der Waals surface area contributed by atoms with Gasteiger partial charge in [0.05, 0.1) is 0 Å². The van der Waals surface area contributed by atoms with Crippen molar-refractivity contribution in [2.24, 2.45) is 0 Å². The Morgan fingerprint density at radius 1 is 1.26 bits per heavy atom. The molecular weight excluding hydrogens is 282 g/mol. The summed E-state index contributed by atoms with van der Waals surface area (Å²) < 4.78 is 5.79. The monoisotopic (exact) mass is 295 g/mol. The van der Waals surface area contributed by atoms with E-state index in [-0.39, 0.29) is 0 Å². The fraction of sp³-hybridized carbons (Fsp3) is 0.231. The molecule has 0 amide bonds. The van der Waals surface area contributed by atoms with E-state index in [4.69, 9.17) is 16.3 Å². The molecule has 0 unspecified atom stereocenters. The number of ether oxygens (including phenoxy) is 1. The van der Waals surface area contributed by atoms with E-state index >= 15 is 0 Å². The third kappa shape index (κ3) is 3.52. The van der Waals surface area contributed by atoms with Crippen molar-refractivity contribution in [2.45, 2.75) is 12.1 Å². The quantitative estimate of drug-likeness (QED) is 0.682. The average molecular weight is 296 g/mol. The number of thioether (sulfide) groups is 1. The highest BCUT2D eigenvalue weighted by Gasteiger charge is 2.07. The van der Waals surface area contributed by atoms with Crippen LogP contribution in [-0.4, -0.2) is 23.3 Å². The summed E-state index contributed by atoms with van der Waals surface area (Å²) in [5.74, 6) is 1.91. The molecule has 0 aliphatic heterocycles. The van der Waals surface area contributed by atoms with E-state index in [0.29, 0.717) is 27.6 Å². The van der Waals surface area contributed by atoms with E-state index < -0.39 is 0 Å². The summed E-state index contributed by atoms with van der Waals surface area (Å²) in [6, 6.07) is 7.26. The Balaban J connectivity index is 2.34. The Bertz CT molecular complexity index is 570. The maximum absolute atomic E-state index is 5.97. The normalized spacial score (nSPS) is 10.3. The van der Waals surface area contributed by atoms with Gasteiger partial charge in [0.1, 0.15) is 11.6 Å². The zero-order valence-electron chi connectivity index (χ0n) is 10.9. The van der Waals surface area contributed by atoms with Crippen LogP contribution in [0.5, 0.6) is 11.6 Å². The van der Waals surface area contributed by atoms with Gasteiger partial charge in [0.15, 0.2) is 5.16 Å². The maximum Gasteiger partial charge on any atom is 0.225 e. The molecule has 0 radical (unpaired) electrons. The fourth-order valence-corrected chi connectivity index (χ4v) is 2.00. The zero-order valence-corrected chi connectivity index (χ0v) is 12.5. The highest BCUT2D eigenvalue weighted by Crippen LogP contribution is 2.28. The molecule has 1 heterocycles. The second-order valence-electron chi connectivity index (χ2n) is 3.84. The Hall–Kier alpha value is -1.46. The van der Waals surface area contributed by atoms with Gasteiger partial charge in [-0.05, 0) is 30.9 Å². The molecule has 0 aliphatic rings. The van der Waals surface area contributed by atoms with Crippen molar-refractivity contribution in [3.8, 4) is 11.6 Å². The van der Waals surface area contributed by atoms with Crippen LogP contribution in [0.1, 0.15) is 5.56 Å². The number of rotatable bonds is 4. The summed E-state index contributed by atoms with van der Waals surface area (Å²) >= 11 is 7.43.